The Morgan fingerprint density at radius 1 is 1.39 bits per heavy atom. The third-order valence-corrected chi connectivity index (χ3v) is 3.89. The first kappa shape index (κ1) is 15.3. The molecule has 0 heterocycles. The van der Waals surface area contributed by atoms with Gasteiger partial charge in [-0.15, -0.1) is 11.8 Å². The number of thioether (sulfide) groups is 1. The second kappa shape index (κ2) is 9.25. The standard InChI is InChI=1S/C14H23NO2S/c1-3-9-15-12(8-10-16)11-18-14-7-5-4-6-13(14)17-2/h4-7,12,15-16H,3,8-11H2,1-2H3. The van der Waals surface area contributed by atoms with Crippen LogP contribution in [0.15, 0.2) is 29.2 Å². The molecule has 0 fully saturated rings. The first-order valence-electron chi connectivity index (χ1n) is 6.41. The fraction of sp³-hybridized carbons (Fsp3) is 0.571. The molecule has 0 bridgehead atoms. The van der Waals surface area contributed by atoms with Crippen LogP contribution >= 0.6 is 11.8 Å². The summed E-state index contributed by atoms with van der Waals surface area (Å²) >= 11 is 1.77. The van der Waals surface area contributed by atoms with Crippen LogP contribution < -0.4 is 10.1 Å². The summed E-state index contributed by atoms with van der Waals surface area (Å²) in [5.41, 5.74) is 0. The van der Waals surface area contributed by atoms with E-state index in [4.69, 9.17) is 9.84 Å². The molecule has 2 N–H and O–H groups in total. The summed E-state index contributed by atoms with van der Waals surface area (Å²) in [6.45, 7) is 3.38. The molecule has 0 saturated heterocycles. The highest BCUT2D eigenvalue weighted by atomic mass is 32.2. The summed E-state index contributed by atoms with van der Waals surface area (Å²) in [6.07, 6.45) is 1.91. The van der Waals surface area contributed by atoms with Crippen LogP contribution in [-0.4, -0.2) is 37.2 Å². The van der Waals surface area contributed by atoms with Crippen molar-refractivity contribution in [3.63, 3.8) is 0 Å². The van der Waals surface area contributed by atoms with Gasteiger partial charge in [-0.05, 0) is 31.5 Å². The molecule has 0 amide bonds. The number of para-hydroxylation sites is 1. The molecule has 1 rings (SSSR count). The highest BCUT2D eigenvalue weighted by Crippen LogP contribution is 2.29. The molecule has 0 aliphatic heterocycles. The van der Waals surface area contributed by atoms with Gasteiger partial charge in [-0.2, -0.15) is 0 Å². The van der Waals surface area contributed by atoms with E-state index in [9.17, 15) is 0 Å². The number of benzene rings is 1. The molecule has 0 radical (unpaired) electrons. The molecule has 0 spiro atoms. The van der Waals surface area contributed by atoms with Crippen molar-refractivity contribution in [2.75, 3.05) is 26.0 Å². The summed E-state index contributed by atoms with van der Waals surface area (Å²) in [6, 6.07) is 8.39. The second-order valence-corrected chi connectivity index (χ2v) is 5.19. The van der Waals surface area contributed by atoms with Crippen LogP contribution in [0, 0.1) is 0 Å². The van der Waals surface area contributed by atoms with Crippen molar-refractivity contribution in [3.8, 4) is 5.75 Å². The maximum atomic E-state index is 9.06. The maximum Gasteiger partial charge on any atom is 0.132 e. The molecule has 1 atom stereocenters. The molecule has 1 aromatic rings. The van der Waals surface area contributed by atoms with E-state index in [-0.39, 0.29) is 6.61 Å². The van der Waals surface area contributed by atoms with Gasteiger partial charge >= 0.3 is 0 Å². The molecule has 3 nitrogen and oxygen atoms in total. The normalized spacial score (nSPS) is 12.4. The zero-order valence-electron chi connectivity index (χ0n) is 11.2. The zero-order chi connectivity index (χ0) is 13.2. The van der Waals surface area contributed by atoms with Gasteiger partial charge in [0.05, 0.1) is 7.11 Å². The lowest BCUT2D eigenvalue weighted by Crippen LogP contribution is -2.32. The zero-order valence-corrected chi connectivity index (χ0v) is 12.0. The third-order valence-electron chi connectivity index (χ3n) is 2.67. The minimum atomic E-state index is 0.230. The van der Waals surface area contributed by atoms with Gasteiger partial charge in [0.25, 0.3) is 0 Å². The monoisotopic (exact) mass is 269 g/mol. The Morgan fingerprint density at radius 3 is 2.83 bits per heavy atom. The summed E-state index contributed by atoms with van der Waals surface area (Å²) in [7, 11) is 1.69. The van der Waals surface area contributed by atoms with Gasteiger partial charge in [0.15, 0.2) is 0 Å². The van der Waals surface area contributed by atoms with Crippen molar-refractivity contribution < 1.29 is 9.84 Å². The number of hydrogen-bond donors (Lipinski definition) is 2. The smallest absolute Gasteiger partial charge is 0.132 e. The number of ether oxygens (including phenoxy) is 1. The molecular formula is C14H23NO2S. The molecular weight excluding hydrogens is 246 g/mol. The Bertz CT molecular complexity index is 333. The third kappa shape index (κ3) is 5.29. The molecule has 1 aromatic carbocycles. The molecule has 1 unspecified atom stereocenters. The van der Waals surface area contributed by atoms with Crippen molar-refractivity contribution in [1.82, 2.24) is 5.32 Å². The van der Waals surface area contributed by atoms with Gasteiger partial charge in [-0.1, -0.05) is 19.1 Å². The predicted molar refractivity (Wildman–Crippen MR) is 77.5 cm³/mol. The quantitative estimate of drug-likeness (QED) is 0.676. The molecule has 0 saturated carbocycles. The molecule has 0 aliphatic rings. The number of methoxy groups -OCH3 is 1. The minimum absolute atomic E-state index is 0.230. The largest absolute Gasteiger partial charge is 0.496 e. The van der Waals surface area contributed by atoms with Gasteiger partial charge in [0.2, 0.25) is 0 Å². The highest BCUT2D eigenvalue weighted by molar-refractivity contribution is 7.99. The first-order chi connectivity index (χ1) is 8.81. The van der Waals surface area contributed by atoms with Gasteiger partial charge < -0.3 is 15.2 Å². The van der Waals surface area contributed by atoms with Crippen molar-refractivity contribution >= 4 is 11.8 Å². The van der Waals surface area contributed by atoms with Crippen LogP contribution in [0.2, 0.25) is 0 Å². The van der Waals surface area contributed by atoms with E-state index in [2.05, 4.69) is 18.3 Å². The van der Waals surface area contributed by atoms with E-state index in [1.54, 1.807) is 18.9 Å². The maximum absolute atomic E-state index is 9.06. The van der Waals surface area contributed by atoms with E-state index < -0.39 is 0 Å². The Morgan fingerprint density at radius 2 is 2.17 bits per heavy atom. The van der Waals surface area contributed by atoms with E-state index in [0.29, 0.717) is 6.04 Å². The van der Waals surface area contributed by atoms with Crippen LogP contribution in [0.25, 0.3) is 0 Å². The SMILES string of the molecule is CCCNC(CCO)CSc1ccccc1OC. The number of nitrogens with one attached hydrogen (secondary N) is 1. The molecule has 0 aliphatic carbocycles. The van der Waals surface area contributed by atoms with E-state index in [1.807, 2.05) is 18.2 Å². The second-order valence-electron chi connectivity index (χ2n) is 4.13. The summed E-state index contributed by atoms with van der Waals surface area (Å²) < 4.78 is 5.33. The molecule has 102 valence electrons. The van der Waals surface area contributed by atoms with Gasteiger partial charge in [0, 0.05) is 23.3 Å². The van der Waals surface area contributed by atoms with Crippen LogP contribution in [0.4, 0.5) is 0 Å². The predicted octanol–water partition coefficient (Wildman–Crippen LogP) is 2.54. The lowest BCUT2D eigenvalue weighted by Gasteiger charge is -2.17. The van der Waals surface area contributed by atoms with Crippen LogP contribution in [0.3, 0.4) is 0 Å². The van der Waals surface area contributed by atoms with Gasteiger partial charge in [-0.25, -0.2) is 0 Å². The summed E-state index contributed by atoms with van der Waals surface area (Å²) in [5.74, 6) is 1.86. The average Bonchev–Trinajstić information content (AvgIpc) is 2.42. The van der Waals surface area contributed by atoms with Crippen LogP contribution in [-0.2, 0) is 0 Å². The van der Waals surface area contributed by atoms with Crippen LogP contribution in [0.5, 0.6) is 5.75 Å². The van der Waals surface area contributed by atoms with E-state index in [1.165, 1.54) is 0 Å². The van der Waals surface area contributed by atoms with Gasteiger partial charge in [-0.3, -0.25) is 0 Å². The van der Waals surface area contributed by atoms with Gasteiger partial charge in [0.1, 0.15) is 5.75 Å². The Kier molecular flexibility index (Phi) is 7.89. The van der Waals surface area contributed by atoms with E-state index in [0.717, 1.165) is 35.8 Å². The molecule has 0 aromatic heterocycles. The van der Waals surface area contributed by atoms with Crippen molar-refractivity contribution in [2.24, 2.45) is 0 Å². The number of hydrogen-bond acceptors (Lipinski definition) is 4. The lowest BCUT2D eigenvalue weighted by molar-refractivity contribution is 0.270. The minimum Gasteiger partial charge on any atom is -0.496 e. The number of aliphatic hydroxyl groups is 1. The fourth-order valence-electron chi connectivity index (χ4n) is 1.68. The van der Waals surface area contributed by atoms with Crippen molar-refractivity contribution in [2.45, 2.75) is 30.7 Å². The number of rotatable bonds is 9. The Hall–Kier alpha value is -0.710. The topological polar surface area (TPSA) is 41.5 Å². The number of aliphatic hydroxyl groups excluding tert-OH is 1. The van der Waals surface area contributed by atoms with Crippen LogP contribution in [0.1, 0.15) is 19.8 Å². The van der Waals surface area contributed by atoms with E-state index >= 15 is 0 Å². The summed E-state index contributed by atoms with van der Waals surface area (Å²) in [5, 5.41) is 12.5. The lowest BCUT2D eigenvalue weighted by atomic mass is 10.2. The Balaban J connectivity index is 2.49. The first-order valence-corrected chi connectivity index (χ1v) is 7.40. The fourth-order valence-corrected chi connectivity index (χ4v) is 2.81. The summed E-state index contributed by atoms with van der Waals surface area (Å²) in [4.78, 5) is 1.15. The Labute approximate surface area is 114 Å². The highest BCUT2D eigenvalue weighted by Gasteiger charge is 2.09. The van der Waals surface area contributed by atoms with Crippen molar-refractivity contribution in [1.29, 1.82) is 0 Å². The van der Waals surface area contributed by atoms with Crippen molar-refractivity contribution in [3.05, 3.63) is 24.3 Å². The molecule has 4 heteroatoms. The molecule has 18 heavy (non-hydrogen) atoms. The average molecular weight is 269 g/mol.